The molecule has 0 aliphatic carbocycles. The number of nitrogen functional groups attached to an aromatic ring is 1. The Kier molecular flexibility index (Phi) is 5.16. The lowest BCUT2D eigenvalue weighted by Gasteiger charge is -2.19. The van der Waals surface area contributed by atoms with E-state index in [0.29, 0.717) is 22.2 Å². The van der Waals surface area contributed by atoms with Gasteiger partial charge in [-0.2, -0.15) is 0 Å². The Morgan fingerprint density at radius 1 is 1.38 bits per heavy atom. The SMILES string of the molecule is Cc1nc(N)sc1C(=O)NCCCN(C)c1ccccc1. The van der Waals surface area contributed by atoms with E-state index in [9.17, 15) is 4.79 Å². The van der Waals surface area contributed by atoms with Crippen LogP contribution in [0.1, 0.15) is 21.8 Å². The van der Waals surface area contributed by atoms with Crippen molar-refractivity contribution < 1.29 is 4.79 Å². The molecule has 2 aromatic rings. The number of hydrogen-bond acceptors (Lipinski definition) is 5. The number of aryl methyl sites for hydroxylation is 1. The van der Waals surface area contributed by atoms with E-state index >= 15 is 0 Å². The Labute approximate surface area is 128 Å². The van der Waals surface area contributed by atoms with Gasteiger partial charge in [-0.25, -0.2) is 4.98 Å². The van der Waals surface area contributed by atoms with E-state index in [-0.39, 0.29) is 5.91 Å². The summed E-state index contributed by atoms with van der Waals surface area (Å²) in [5.74, 6) is -0.0935. The van der Waals surface area contributed by atoms with Crippen molar-refractivity contribution >= 4 is 28.1 Å². The molecular weight excluding hydrogens is 284 g/mol. The molecule has 0 spiro atoms. The summed E-state index contributed by atoms with van der Waals surface area (Å²) in [6.45, 7) is 3.31. The van der Waals surface area contributed by atoms with Gasteiger partial charge in [0.2, 0.25) is 0 Å². The standard InChI is InChI=1S/C15H20N4OS/c1-11-13(21-15(16)18-11)14(20)17-9-6-10-19(2)12-7-4-3-5-8-12/h3-5,7-8H,6,9-10H2,1-2H3,(H2,16,18)(H,17,20). The summed E-state index contributed by atoms with van der Waals surface area (Å²) >= 11 is 1.23. The Hall–Kier alpha value is -2.08. The van der Waals surface area contributed by atoms with Gasteiger partial charge in [-0.1, -0.05) is 29.5 Å². The third-order valence-electron chi connectivity index (χ3n) is 3.17. The molecule has 3 N–H and O–H groups in total. The van der Waals surface area contributed by atoms with Crippen molar-refractivity contribution in [2.75, 3.05) is 30.8 Å². The second-order valence-electron chi connectivity index (χ2n) is 4.83. The molecule has 0 aliphatic heterocycles. The number of nitrogens with one attached hydrogen (secondary N) is 1. The Morgan fingerprint density at radius 3 is 2.71 bits per heavy atom. The van der Waals surface area contributed by atoms with Crippen LogP contribution in [0, 0.1) is 6.92 Å². The summed E-state index contributed by atoms with van der Waals surface area (Å²) in [4.78, 5) is 18.8. The number of thiazole rings is 1. The number of para-hydroxylation sites is 1. The minimum absolute atomic E-state index is 0.0935. The van der Waals surface area contributed by atoms with Crippen LogP contribution in [0.5, 0.6) is 0 Å². The van der Waals surface area contributed by atoms with Crippen LogP contribution in [-0.4, -0.2) is 31.0 Å². The Morgan fingerprint density at radius 2 is 2.10 bits per heavy atom. The summed E-state index contributed by atoms with van der Waals surface area (Å²) in [6.07, 6.45) is 0.879. The lowest BCUT2D eigenvalue weighted by atomic mass is 10.3. The van der Waals surface area contributed by atoms with Crippen LogP contribution in [0.4, 0.5) is 10.8 Å². The monoisotopic (exact) mass is 304 g/mol. The predicted octanol–water partition coefficient (Wildman–Crippen LogP) is 2.29. The van der Waals surface area contributed by atoms with Gasteiger partial charge in [0.1, 0.15) is 4.88 Å². The number of anilines is 2. The van der Waals surface area contributed by atoms with E-state index < -0.39 is 0 Å². The maximum Gasteiger partial charge on any atom is 0.263 e. The third-order valence-corrected chi connectivity index (χ3v) is 4.16. The van der Waals surface area contributed by atoms with E-state index in [4.69, 9.17) is 5.73 Å². The number of aromatic nitrogens is 1. The molecule has 1 amide bonds. The van der Waals surface area contributed by atoms with E-state index in [1.165, 1.54) is 17.0 Å². The number of carbonyl (C=O) groups is 1. The number of hydrogen-bond donors (Lipinski definition) is 2. The van der Waals surface area contributed by atoms with Gasteiger partial charge in [0.05, 0.1) is 5.69 Å². The van der Waals surface area contributed by atoms with Crippen molar-refractivity contribution in [3.05, 3.63) is 40.9 Å². The summed E-state index contributed by atoms with van der Waals surface area (Å²) < 4.78 is 0. The summed E-state index contributed by atoms with van der Waals surface area (Å²) in [7, 11) is 2.05. The van der Waals surface area contributed by atoms with E-state index in [1.807, 2.05) is 25.2 Å². The van der Waals surface area contributed by atoms with Crippen molar-refractivity contribution in [2.24, 2.45) is 0 Å². The van der Waals surface area contributed by atoms with Gasteiger partial charge in [0, 0.05) is 25.8 Å². The summed E-state index contributed by atoms with van der Waals surface area (Å²) in [5.41, 5.74) is 7.46. The van der Waals surface area contributed by atoms with Gasteiger partial charge < -0.3 is 16.0 Å². The van der Waals surface area contributed by atoms with Crippen molar-refractivity contribution in [1.29, 1.82) is 0 Å². The maximum absolute atomic E-state index is 12.0. The molecule has 112 valence electrons. The fourth-order valence-corrected chi connectivity index (χ4v) is 2.79. The number of nitrogens with two attached hydrogens (primary N) is 1. The van der Waals surface area contributed by atoms with Crippen LogP contribution in [0.3, 0.4) is 0 Å². The molecule has 0 aliphatic rings. The molecule has 1 heterocycles. The van der Waals surface area contributed by atoms with Gasteiger partial charge in [0.15, 0.2) is 5.13 Å². The maximum atomic E-state index is 12.0. The highest BCUT2D eigenvalue weighted by molar-refractivity contribution is 7.17. The highest BCUT2D eigenvalue weighted by Crippen LogP contribution is 2.19. The molecule has 0 atom stereocenters. The van der Waals surface area contributed by atoms with E-state index in [2.05, 4.69) is 27.3 Å². The van der Waals surface area contributed by atoms with Crippen LogP contribution < -0.4 is 16.0 Å². The van der Waals surface area contributed by atoms with Crippen LogP contribution in [-0.2, 0) is 0 Å². The summed E-state index contributed by atoms with van der Waals surface area (Å²) in [6, 6.07) is 10.2. The molecular formula is C15H20N4OS. The van der Waals surface area contributed by atoms with E-state index in [0.717, 1.165) is 13.0 Å². The average Bonchev–Trinajstić information content (AvgIpc) is 2.83. The Balaban J connectivity index is 1.75. The molecule has 0 bridgehead atoms. The van der Waals surface area contributed by atoms with Gasteiger partial charge in [-0.05, 0) is 25.5 Å². The number of nitrogens with zero attached hydrogens (tertiary/aromatic N) is 2. The zero-order valence-electron chi connectivity index (χ0n) is 12.3. The molecule has 0 saturated carbocycles. The average molecular weight is 304 g/mol. The first-order chi connectivity index (χ1) is 10.1. The fraction of sp³-hybridized carbons (Fsp3) is 0.333. The number of benzene rings is 1. The molecule has 21 heavy (non-hydrogen) atoms. The molecule has 1 aromatic carbocycles. The smallest absolute Gasteiger partial charge is 0.263 e. The molecule has 2 rings (SSSR count). The highest BCUT2D eigenvalue weighted by Gasteiger charge is 2.13. The highest BCUT2D eigenvalue weighted by atomic mass is 32.1. The zero-order valence-corrected chi connectivity index (χ0v) is 13.1. The number of amides is 1. The topological polar surface area (TPSA) is 71.2 Å². The predicted molar refractivity (Wildman–Crippen MR) is 87.9 cm³/mol. The second-order valence-corrected chi connectivity index (χ2v) is 5.86. The van der Waals surface area contributed by atoms with Crippen LogP contribution >= 0.6 is 11.3 Å². The fourth-order valence-electron chi connectivity index (χ4n) is 2.04. The van der Waals surface area contributed by atoms with Gasteiger partial charge in [-0.15, -0.1) is 0 Å². The van der Waals surface area contributed by atoms with Gasteiger partial charge in [0.25, 0.3) is 5.91 Å². The number of rotatable bonds is 6. The van der Waals surface area contributed by atoms with Crippen LogP contribution in [0.2, 0.25) is 0 Å². The molecule has 0 radical (unpaired) electrons. The lowest BCUT2D eigenvalue weighted by molar-refractivity contribution is 0.0956. The normalized spacial score (nSPS) is 10.4. The first kappa shape index (κ1) is 15.3. The van der Waals surface area contributed by atoms with Crippen molar-refractivity contribution in [3.8, 4) is 0 Å². The summed E-state index contributed by atoms with van der Waals surface area (Å²) in [5, 5.41) is 3.34. The molecule has 1 aromatic heterocycles. The first-order valence-electron chi connectivity index (χ1n) is 6.85. The zero-order chi connectivity index (χ0) is 15.2. The molecule has 6 heteroatoms. The van der Waals surface area contributed by atoms with Crippen LogP contribution in [0.15, 0.2) is 30.3 Å². The molecule has 5 nitrogen and oxygen atoms in total. The van der Waals surface area contributed by atoms with Crippen molar-refractivity contribution in [2.45, 2.75) is 13.3 Å². The molecule has 0 unspecified atom stereocenters. The van der Waals surface area contributed by atoms with E-state index in [1.54, 1.807) is 6.92 Å². The van der Waals surface area contributed by atoms with Crippen LogP contribution in [0.25, 0.3) is 0 Å². The quantitative estimate of drug-likeness (QED) is 0.803. The second kappa shape index (κ2) is 7.08. The minimum atomic E-state index is -0.0935. The largest absolute Gasteiger partial charge is 0.375 e. The third kappa shape index (κ3) is 4.19. The lowest BCUT2D eigenvalue weighted by Crippen LogP contribution is -2.28. The molecule has 0 saturated heterocycles. The minimum Gasteiger partial charge on any atom is -0.375 e. The van der Waals surface area contributed by atoms with Gasteiger partial charge >= 0.3 is 0 Å². The first-order valence-corrected chi connectivity index (χ1v) is 7.67. The van der Waals surface area contributed by atoms with Gasteiger partial charge in [-0.3, -0.25) is 4.79 Å². The van der Waals surface area contributed by atoms with Crippen molar-refractivity contribution in [1.82, 2.24) is 10.3 Å². The number of carbonyl (C=O) groups excluding carboxylic acids is 1. The van der Waals surface area contributed by atoms with Crippen molar-refractivity contribution in [3.63, 3.8) is 0 Å². The molecule has 0 fully saturated rings. The Bertz CT molecular complexity index is 597.